The Morgan fingerprint density at radius 1 is 1.00 bits per heavy atom. The molecule has 184 valence electrons. The normalized spacial score (nSPS) is 51.1. The Bertz CT molecular complexity index is 1090. The van der Waals surface area contributed by atoms with Crippen molar-refractivity contribution in [1.29, 1.82) is 0 Å². The van der Waals surface area contributed by atoms with Crippen LogP contribution in [0.1, 0.15) is 72.0 Å². The Balaban J connectivity index is 1.53. The predicted molar refractivity (Wildman–Crippen MR) is 116 cm³/mol. The molecule has 3 saturated heterocycles. The summed E-state index contributed by atoms with van der Waals surface area (Å²) in [5.41, 5.74) is -3.69. The number of carbonyl (C=O) groups excluding carboxylic acids is 3. The van der Waals surface area contributed by atoms with Gasteiger partial charge in [0.25, 0.3) is 0 Å². The fraction of sp³-hybridized carbons (Fsp3) is 0.731. The molecule has 0 bridgehead atoms. The number of cyclic esters (lactones) is 2. The van der Waals surface area contributed by atoms with Crippen molar-refractivity contribution in [2.45, 2.75) is 89.8 Å². The molecule has 6 rings (SSSR count). The van der Waals surface area contributed by atoms with E-state index in [2.05, 4.69) is 0 Å². The van der Waals surface area contributed by atoms with Gasteiger partial charge < -0.3 is 23.7 Å². The molecule has 5 fully saturated rings. The predicted octanol–water partition coefficient (Wildman–Crippen LogP) is 3.12. The first-order valence-electron chi connectivity index (χ1n) is 12.2. The van der Waals surface area contributed by atoms with E-state index in [-0.39, 0.29) is 30.5 Å². The van der Waals surface area contributed by atoms with Crippen molar-refractivity contribution in [3.05, 3.63) is 24.2 Å². The summed E-state index contributed by atoms with van der Waals surface area (Å²) >= 11 is 0. The second-order valence-corrected chi connectivity index (χ2v) is 12.2. The Hall–Kier alpha value is -2.19. The van der Waals surface area contributed by atoms with Crippen LogP contribution < -0.4 is 0 Å². The van der Waals surface area contributed by atoms with Gasteiger partial charge in [0.05, 0.1) is 30.5 Å². The summed E-state index contributed by atoms with van der Waals surface area (Å²) in [6, 6.07) is 1.79. The largest absolute Gasteiger partial charge is 0.472 e. The first-order chi connectivity index (χ1) is 15.8. The summed E-state index contributed by atoms with van der Waals surface area (Å²) in [4.78, 5) is 39.8. The molecule has 1 aromatic heterocycles. The number of aliphatic hydroxyl groups is 1. The van der Waals surface area contributed by atoms with E-state index in [1.54, 1.807) is 18.6 Å². The average molecular weight is 473 g/mol. The molecule has 1 spiro atoms. The van der Waals surface area contributed by atoms with Gasteiger partial charge in [0.15, 0.2) is 6.10 Å². The molecular formula is C26H32O8. The number of furan rings is 1. The molecule has 1 N–H and O–H groups in total. The summed E-state index contributed by atoms with van der Waals surface area (Å²) in [5.74, 6) is -1.59. The quantitative estimate of drug-likeness (QED) is 0.490. The average Bonchev–Trinajstić information content (AvgIpc) is 3.33. The van der Waals surface area contributed by atoms with Crippen molar-refractivity contribution in [3.63, 3.8) is 0 Å². The fourth-order valence-electron chi connectivity index (χ4n) is 8.90. The highest BCUT2D eigenvalue weighted by Crippen LogP contribution is 2.78. The van der Waals surface area contributed by atoms with Crippen molar-refractivity contribution >= 4 is 17.7 Å². The summed E-state index contributed by atoms with van der Waals surface area (Å²) in [6.07, 6.45) is 1.99. The zero-order chi connectivity index (χ0) is 24.5. The van der Waals surface area contributed by atoms with Crippen LogP contribution in [0.2, 0.25) is 0 Å². The summed E-state index contributed by atoms with van der Waals surface area (Å²) in [7, 11) is 0. The Morgan fingerprint density at radius 2 is 1.74 bits per heavy atom. The smallest absolute Gasteiger partial charge is 0.339 e. The van der Waals surface area contributed by atoms with Gasteiger partial charge in [-0.2, -0.15) is 0 Å². The van der Waals surface area contributed by atoms with Gasteiger partial charge in [-0.25, -0.2) is 4.79 Å². The molecule has 0 radical (unpaired) electrons. The van der Waals surface area contributed by atoms with E-state index in [4.69, 9.17) is 18.6 Å². The summed E-state index contributed by atoms with van der Waals surface area (Å²) < 4.78 is 23.2. The first-order valence-corrected chi connectivity index (χ1v) is 12.2. The summed E-state index contributed by atoms with van der Waals surface area (Å²) in [6.45, 7) is 9.61. The lowest BCUT2D eigenvalue weighted by Crippen LogP contribution is -2.72. The van der Waals surface area contributed by atoms with Crippen LogP contribution in [0.25, 0.3) is 0 Å². The number of rotatable bonds is 1. The molecule has 34 heavy (non-hydrogen) atoms. The van der Waals surface area contributed by atoms with E-state index in [9.17, 15) is 19.5 Å². The molecule has 1 aromatic rings. The van der Waals surface area contributed by atoms with Gasteiger partial charge in [0.2, 0.25) is 0 Å². The second kappa shape index (κ2) is 6.32. The van der Waals surface area contributed by atoms with Crippen LogP contribution >= 0.6 is 0 Å². The SMILES string of the molecule is CC1(C)OC(=O)C[C@H](O)[C@]2(C)C3CC[C@@]4(C)[C@H](c5ccoc5)OC(=O)[C@H]5O[C@]54[C@]3(C)C(=O)C[C@@H]12. The minimum absolute atomic E-state index is 0.00716. The van der Waals surface area contributed by atoms with Crippen LogP contribution in [0.5, 0.6) is 0 Å². The van der Waals surface area contributed by atoms with E-state index >= 15 is 0 Å². The minimum atomic E-state index is -1.05. The number of carbonyl (C=O) groups is 3. The number of epoxide rings is 1. The Morgan fingerprint density at radius 3 is 2.41 bits per heavy atom. The van der Waals surface area contributed by atoms with Crippen molar-refractivity contribution in [1.82, 2.24) is 0 Å². The van der Waals surface area contributed by atoms with E-state index in [0.29, 0.717) is 12.8 Å². The van der Waals surface area contributed by atoms with Gasteiger partial charge >= 0.3 is 11.9 Å². The third-order valence-corrected chi connectivity index (χ3v) is 10.5. The van der Waals surface area contributed by atoms with Crippen molar-refractivity contribution in [3.8, 4) is 0 Å². The van der Waals surface area contributed by atoms with E-state index in [1.807, 2.05) is 34.6 Å². The Kier molecular flexibility index (Phi) is 4.14. The van der Waals surface area contributed by atoms with E-state index in [0.717, 1.165) is 5.56 Å². The van der Waals surface area contributed by atoms with Gasteiger partial charge in [0, 0.05) is 28.7 Å². The van der Waals surface area contributed by atoms with E-state index < -0.39 is 57.7 Å². The molecule has 1 unspecified atom stereocenters. The van der Waals surface area contributed by atoms with Crippen molar-refractivity contribution in [2.75, 3.05) is 0 Å². The van der Waals surface area contributed by atoms with Gasteiger partial charge in [-0.15, -0.1) is 0 Å². The molecule has 4 heterocycles. The molecule has 8 heteroatoms. The van der Waals surface area contributed by atoms with Crippen LogP contribution in [-0.2, 0) is 28.6 Å². The lowest BCUT2D eigenvalue weighted by molar-refractivity contribution is -0.231. The van der Waals surface area contributed by atoms with Crippen LogP contribution in [0, 0.1) is 28.1 Å². The van der Waals surface area contributed by atoms with Crippen molar-refractivity contribution in [2.24, 2.45) is 28.1 Å². The minimum Gasteiger partial charge on any atom is -0.472 e. The highest BCUT2D eigenvalue weighted by Gasteiger charge is 2.88. The third kappa shape index (κ3) is 2.25. The zero-order valence-electron chi connectivity index (χ0n) is 20.3. The molecular weight excluding hydrogens is 440 g/mol. The van der Waals surface area contributed by atoms with Gasteiger partial charge in [0.1, 0.15) is 23.1 Å². The maximum Gasteiger partial charge on any atom is 0.339 e. The monoisotopic (exact) mass is 472 g/mol. The molecule has 0 amide bonds. The first kappa shape index (κ1) is 22.3. The fourth-order valence-corrected chi connectivity index (χ4v) is 8.90. The van der Waals surface area contributed by atoms with Crippen LogP contribution in [0.3, 0.4) is 0 Å². The van der Waals surface area contributed by atoms with Crippen molar-refractivity contribution < 1.29 is 38.1 Å². The number of esters is 2. The number of ketones is 1. The molecule has 5 aliphatic rings. The molecule has 3 aliphatic heterocycles. The summed E-state index contributed by atoms with van der Waals surface area (Å²) in [5, 5.41) is 11.4. The number of hydrogen-bond donors (Lipinski definition) is 1. The number of hydrogen-bond acceptors (Lipinski definition) is 8. The Labute approximate surface area is 198 Å². The molecule has 0 aromatic carbocycles. The lowest BCUT2D eigenvalue weighted by Gasteiger charge is -2.66. The van der Waals surface area contributed by atoms with Crippen LogP contribution in [-0.4, -0.2) is 46.2 Å². The highest BCUT2D eigenvalue weighted by molar-refractivity contribution is 5.93. The van der Waals surface area contributed by atoms with Gasteiger partial charge in [-0.1, -0.05) is 13.8 Å². The van der Waals surface area contributed by atoms with Crippen LogP contribution in [0.15, 0.2) is 23.0 Å². The maximum atomic E-state index is 14.2. The zero-order valence-corrected chi connectivity index (χ0v) is 20.3. The van der Waals surface area contributed by atoms with Gasteiger partial charge in [-0.05, 0) is 45.6 Å². The van der Waals surface area contributed by atoms with Crippen LogP contribution in [0.4, 0.5) is 0 Å². The lowest BCUT2D eigenvalue weighted by atomic mass is 9.37. The standard InChI is InChI=1S/C26H32O8/c1-22(2)15-10-17(28)25(5)14(24(15,4)16(27)11-18(29)33-22)6-8-23(3)19(13-7-9-31-12-13)32-21(30)20-26(23,25)34-20/h7,9,12,14-16,19-20,27H,6,8,10-11H2,1-5H3/t14?,15-,16-,19-,20+,23-,24+,25-,26+/m0/s1. The number of aliphatic hydroxyl groups excluding tert-OH is 1. The molecule has 9 atom stereocenters. The number of Topliss-reactive ketones (excluding diaryl/α,β-unsaturated/α-hetero) is 1. The highest BCUT2D eigenvalue weighted by atomic mass is 16.7. The molecule has 2 saturated carbocycles. The van der Waals surface area contributed by atoms with E-state index in [1.165, 1.54) is 0 Å². The maximum absolute atomic E-state index is 14.2. The van der Waals surface area contributed by atoms with Gasteiger partial charge in [-0.3, -0.25) is 9.59 Å². The topological polar surface area (TPSA) is 116 Å². The number of ether oxygens (including phenoxy) is 3. The second-order valence-electron chi connectivity index (χ2n) is 12.2. The third-order valence-electron chi connectivity index (χ3n) is 10.5. The number of fused-ring (bicyclic) bond motifs is 3. The molecule has 2 aliphatic carbocycles. The molecule has 8 nitrogen and oxygen atoms in total.